The van der Waals surface area contributed by atoms with Crippen LogP contribution >= 0.6 is 0 Å². The molecule has 52 heavy (non-hydrogen) atoms. The highest BCUT2D eigenvalue weighted by atomic mass is 16.5. The molecule has 4 aromatic rings. The normalized spacial score (nSPS) is 15.2. The van der Waals surface area contributed by atoms with Crippen LogP contribution in [0, 0.1) is 12.8 Å². The molecule has 0 unspecified atom stereocenters. The number of ether oxygens (including phenoxy) is 1. The molecule has 1 aromatic heterocycles. The Bertz CT molecular complexity index is 1960. The van der Waals surface area contributed by atoms with Gasteiger partial charge < -0.3 is 36.7 Å². The van der Waals surface area contributed by atoms with Gasteiger partial charge in [-0.3, -0.25) is 14.4 Å². The minimum atomic E-state index is -1.01. The second-order valence-electron chi connectivity index (χ2n) is 13.8. The molecule has 12 heteroatoms. The van der Waals surface area contributed by atoms with Crippen LogP contribution in [-0.4, -0.2) is 54.2 Å². The van der Waals surface area contributed by atoms with E-state index in [9.17, 15) is 24.0 Å². The largest absolute Gasteiger partial charge is 0.449 e. The lowest BCUT2D eigenvalue weighted by Gasteiger charge is -2.28. The first-order valence-corrected chi connectivity index (χ1v) is 18.1. The highest BCUT2D eigenvalue weighted by Gasteiger charge is 2.32. The maximum atomic E-state index is 14.0. The van der Waals surface area contributed by atoms with E-state index in [4.69, 9.17) is 10.5 Å². The summed E-state index contributed by atoms with van der Waals surface area (Å²) in [4.78, 5) is 67.3. The van der Waals surface area contributed by atoms with E-state index in [2.05, 4.69) is 38.4 Å². The summed E-state index contributed by atoms with van der Waals surface area (Å²) in [6.45, 7) is 2.14. The van der Waals surface area contributed by atoms with Crippen molar-refractivity contribution in [2.24, 2.45) is 11.7 Å². The van der Waals surface area contributed by atoms with Crippen LogP contribution in [0.25, 0.3) is 22.0 Å². The number of nitrogens with one attached hydrogen (secondary N) is 5. The predicted octanol–water partition coefficient (Wildman–Crippen LogP) is 5.59. The number of carbonyl (C=O) groups is 4. The number of rotatable bonds is 13. The van der Waals surface area contributed by atoms with Gasteiger partial charge in [0, 0.05) is 29.6 Å². The summed E-state index contributed by atoms with van der Waals surface area (Å²) in [5.41, 5.74) is 11.2. The second-order valence-corrected chi connectivity index (χ2v) is 13.8. The van der Waals surface area contributed by atoms with E-state index < -0.39 is 36.0 Å². The second kappa shape index (κ2) is 16.6. The van der Waals surface area contributed by atoms with E-state index in [0.29, 0.717) is 24.0 Å². The monoisotopic (exact) mass is 706 g/mol. The highest BCUT2D eigenvalue weighted by molar-refractivity contribution is 5.99. The number of carbonyl (C=O) groups excluding carboxylic acids is 4. The average Bonchev–Trinajstić information content (AvgIpc) is 3.45. The van der Waals surface area contributed by atoms with Gasteiger partial charge in [-0.05, 0) is 72.1 Å². The molecular formula is C40H46N6O6. The Morgan fingerprint density at radius 3 is 2.25 bits per heavy atom. The molecule has 1 heterocycles. The third kappa shape index (κ3) is 8.79. The fraction of sp³-hybridized carbons (Fsp3) is 0.375. The Kier molecular flexibility index (Phi) is 11.5. The van der Waals surface area contributed by atoms with Gasteiger partial charge in [0.15, 0.2) is 0 Å². The van der Waals surface area contributed by atoms with Crippen LogP contribution < -0.4 is 32.6 Å². The topological polar surface area (TPSA) is 185 Å². The maximum absolute atomic E-state index is 14.0. The van der Waals surface area contributed by atoms with Crippen LogP contribution in [0.4, 0.5) is 15.3 Å². The molecule has 7 N–H and O–H groups in total. The molecular weight excluding hydrogens is 660 g/mol. The van der Waals surface area contributed by atoms with Crippen LogP contribution in [0.2, 0.25) is 0 Å². The number of benzene rings is 3. The Labute approximate surface area is 302 Å². The van der Waals surface area contributed by atoms with E-state index in [1.807, 2.05) is 43.3 Å². The van der Waals surface area contributed by atoms with Gasteiger partial charge in [0.1, 0.15) is 18.7 Å². The third-order valence-electron chi connectivity index (χ3n) is 10.2. The fourth-order valence-electron chi connectivity index (χ4n) is 7.57. The molecule has 0 saturated heterocycles. The lowest BCUT2D eigenvalue weighted by atomic mass is 9.84. The first kappa shape index (κ1) is 36.2. The molecule has 5 amide bonds. The number of nitrogens with two attached hydrogens (primary N) is 1. The Hall–Kier alpha value is -5.65. The van der Waals surface area contributed by atoms with Crippen LogP contribution in [0.5, 0.6) is 0 Å². The Morgan fingerprint density at radius 1 is 0.865 bits per heavy atom. The Balaban J connectivity index is 1.16. The van der Waals surface area contributed by atoms with Crippen molar-refractivity contribution in [3.8, 4) is 11.1 Å². The first-order valence-electron chi connectivity index (χ1n) is 18.1. The lowest BCUT2D eigenvalue weighted by Crippen LogP contribution is -2.53. The summed E-state index contributed by atoms with van der Waals surface area (Å²) in [7, 11) is 0. The number of aromatic nitrogens is 1. The van der Waals surface area contributed by atoms with Crippen molar-refractivity contribution in [3.05, 3.63) is 99.8 Å². The Morgan fingerprint density at radius 2 is 1.56 bits per heavy atom. The van der Waals surface area contributed by atoms with E-state index >= 15 is 0 Å². The van der Waals surface area contributed by atoms with Gasteiger partial charge in [0.05, 0.1) is 5.52 Å². The number of hydrogen-bond acceptors (Lipinski definition) is 6. The molecule has 6 rings (SSSR count). The molecule has 0 spiro atoms. The van der Waals surface area contributed by atoms with Crippen molar-refractivity contribution in [2.75, 3.05) is 18.5 Å². The number of hydrogen-bond donors (Lipinski definition) is 6. The van der Waals surface area contributed by atoms with Gasteiger partial charge in [0.25, 0.3) is 0 Å². The lowest BCUT2D eigenvalue weighted by molar-refractivity contribution is -0.128. The number of amides is 5. The van der Waals surface area contributed by atoms with Crippen molar-refractivity contribution in [1.29, 1.82) is 0 Å². The van der Waals surface area contributed by atoms with Gasteiger partial charge in [-0.1, -0.05) is 86.7 Å². The molecule has 272 valence electrons. The molecule has 2 aliphatic carbocycles. The number of urea groups is 1. The minimum Gasteiger partial charge on any atom is -0.449 e. The minimum absolute atomic E-state index is 0.103. The summed E-state index contributed by atoms with van der Waals surface area (Å²) in [5, 5.41) is 11.9. The zero-order chi connectivity index (χ0) is 36.6. The standard InChI is InChI=1S/C40H46N6O6/c1-24-20-36(47)44-34-22-26(17-18-27(24)34)43-37(48)33(16-9-19-42-39(41)50)45-38(49)35(21-25-10-3-2-4-11-25)46-40(51)52-23-32-30-14-7-5-12-28(30)29-13-6-8-15-31(29)32/h5-8,12-15,17-18,20,22,25,32-33,35H,2-4,9-11,16,19,21,23H2,1H3,(H,43,48)(H,44,47)(H,45,49)(H,46,51)(H3,41,42,50)/t33-,35-/m0/s1. The number of H-pyrrole nitrogens is 1. The number of alkyl carbamates (subject to hydrolysis) is 1. The number of aromatic amines is 1. The van der Waals surface area contributed by atoms with Crippen molar-refractivity contribution >= 4 is 40.5 Å². The zero-order valence-corrected chi connectivity index (χ0v) is 29.3. The average molecular weight is 707 g/mol. The van der Waals surface area contributed by atoms with Crippen molar-refractivity contribution in [2.45, 2.75) is 76.3 Å². The summed E-state index contributed by atoms with van der Waals surface area (Å²) < 4.78 is 5.81. The quantitative estimate of drug-likeness (QED) is 0.0985. The summed E-state index contributed by atoms with van der Waals surface area (Å²) in [6, 6.07) is 20.2. The third-order valence-corrected chi connectivity index (χ3v) is 10.2. The molecule has 12 nitrogen and oxygen atoms in total. The predicted molar refractivity (Wildman–Crippen MR) is 200 cm³/mol. The number of anilines is 1. The molecule has 0 radical (unpaired) electrons. The van der Waals surface area contributed by atoms with E-state index in [1.54, 1.807) is 18.2 Å². The van der Waals surface area contributed by atoms with Gasteiger partial charge >= 0.3 is 12.1 Å². The van der Waals surface area contributed by atoms with Gasteiger partial charge in [-0.15, -0.1) is 0 Å². The number of pyridine rings is 1. The zero-order valence-electron chi connectivity index (χ0n) is 29.3. The molecule has 2 atom stereocenters. The smallest absolute Gasteiger partial charge is 0.407 e. The van der Waals surface area contributed by atoms with Crippen LogP contribution in [0.15, 0.2) is 77.6 Å². The molecule has 1 saturated carbocycles. The number of fused-ring (bicyclic) bond motifs is 4. The van der Waals surface area contributed by atoms with Crippen LogP contribution in [0.1, 0.15) is 74.0 Å². The number of aryl methyl sites for hydroxylation is 1. The highest BCUT2D eigenvalue weighted by Crippen LogP contribution is 2.44. The van der Waals surface area contributed by atoms with Gasteiger partial charge in [-0.25, -0.2) is 9.59 Å². The maximum Gasteiger partial charge on any atom is 0.407 e. The molecule has 1 fully saturated rings. The summed E-state index contributed by atoms with van der Waals surface area (Å²) in [5.74, 6) is -0.892. The van der Waals surface area contributed by atoms with Crippen molar-refractivity contribution in [1.82, 2.24) is 20.9 Å². The summed E-state index contributed by atoms with van der Waals surface area (Å²) >= 11 is 0. The fourth-order valence-corrected chi connectivity index (χ4v) is 7.57. The molecule has 3 aromatic carbocycles. The van der Waals surface area contributed by atoms with Crippen molar-refractivity contribution in [3.63, 3.8) is 0 Å². The van der Waals surface area contributed by atoms with Gasteiger partial charge in [-0.2, -0.15) is 0 Å². The number of primary amides is 1. The van der Waals surface area contributed by atoms with E-state index in [1.165, 1.54) is 6.07 Å². The summed E-state index contributed by atoms with van der Waals surface area (Å²) in [6.07, 6.45) is 5.37. The SMILES string of the molecule is Cc1cc(=O)[nH]c2cc(NC(=O)[C@H](CCCNC(N)=O)NC(=O)[C@H](CC3CCCCC3)NC(=O)OCC3c4ccccc4-c4ccccc43)ccc12. The molecule has 0 aliphatic heterocycles. The molecule has 0 bridgehead atoms. The first-order chi connectivity index (χ1) is 25.2. The van der Waals surface area contributed by atoms with Crippen LogP contribution in [0.3, 0.4) is 0 Å². The van der Waals surface area contributed by atoms with Gasteiger partial charge in [0.2, 0.25) is 17.4 Å². The van der Waals surface area contributed by atoms with Crippen molar-refractivity contribution < 1.29 is 23.9 Å². The molecule has 2 aliphatic rings. The van der Waals surface area contributed by atoms with E-state index in [-0.39, 0.29) is 37.0 Å². The van der Waals surface area contributed by atoms with Crippen LogP contribution in [-0.2, 0) is 14.3 Å². The van der Waals surface area contributed by atoms with E-state index in [0.717, 1.165) is 65.3 Å².